The van der Waals surface area contributed by atoms with E-state index in [0.29, 0.717) is 12.1 Å². The number of aromatic nitrogens is 3. The Balaban J connectivity index is 1.34. The highest BCUT2D eigenvalue weighted by Gasteiger charge is 2.31. The molecule has 1 saturated heterocycles. The fourth-order valence-corrected chi connectivity index (χ4v) is 4.90. The van der Waals surface area contributed by atoms with Gasteiger partial charge in [0.25, 0.3) is 0 Å². The summed E-state index contributed by atoms with van der Waals surface area (Å²) in [6, 6.07) is 12.8. The second kappa shape index (κ2) is 8.66. The third-order valence-corrected chi connectivity index (χ3v) is 6.58. The van der Waals surface area contributed by atoms with E-state index >= 15 is 0 Å². The summed E-state index contributed by atoms with van der Waals surface area (Å²) in [5, 5.41) is 15.2. The third kappa shape index (κ3) is 4.02. The smallest absolute Gasteiger partial charge is 0.162 e. The largest absolute Gasteiger partial charge is 0.391 e. The van der Waals surface area contributed by atoms with Crippen LogP contribution in [0.3, 0.4) is 0 Å². The topological polar surface area (TPSA) is 74.2 Å². The molecule has 6 nitrogen and oxygen atoms in total. The van der Waals surface area contributed by atoms with Gasteiger partial charge in [0.15, 0.2) is 5.82 Å². The zero-order valence-corrected chi connectivity index (χ0v) is 17.2. The molecular formula is C24H29N5O. The monoisotopic (exact) mass is 403 g/mol. The van der Waals surface area contributed by atoms with Gasteiger partial charge in [-0.3, -0.25) is 9.88 Å². The van der Waals surface area contributed by atoms with E-state index in [0.717, 1.165) is 73.3 Å². The zero-order chi connectivity index (χ0) is 20.3. The van der Waals surface area contributed by atoms with Crippen molar-refractivity contribution in [1.82, 2.24) is 19.9 Å². The maximum atomic E-state index is 10.4. The average molecular weight is 404 g/mol. The molecule has 1 aliphatic heterocycles. The van der Waals surface area contributed by atoms with E-state index in [2.05, 4.69) is 21.3 Å². The lowest BCUT2D eigenvalue weighted by Gasteiger charge is -2.41. The minimum absolute atomic E-state index is 0.156. The van der Waals surface area contributed by atoms with Crippen molar-refractivity contribution in [1.29, 1.82) is 0 Å². The first-order valence-electron chi connectivity index (χ1n) is 11.1. The Kier molecular flexibility index (Phi) is 5.60. The van der Waals surface area contributed by atoms with Crippen LogP contribution in [0.25, 0.3) is 22.3 Å². The number of para-hydroxylation sites is 1. The van der Waals surface area contributed by atoms with Crippen molar-refractivity contribution in [3.05, 3.63) is 48.8 Å². The fourth-order valence-electron chi connectivity index (χ4n) is 4.90. The molecule has 0 radical (unpaired) electrons. The molecule has 1 aliphatic carbocycles. The van der Waals surface area contributed by atoms with E-state index in [1.807, 2.05) is 30.3 Å². The van der Waals surface area contributed by atoms with Crippen molar-refractivity contribution >= 4 is 16.7 Å². The van der Waals surface area contributed by atoms with E-state index in [9.17, 15) is 5.11 Å². The van der Waals surface area contributed by atoms with Crippen LogP contribution in [0.2, 0.25) is 0 Å². The Morgan fingerprint density at radius 2 is 1.67 bits per heavy atom. The summed E-state index contributed by atoms with van der Waals surface area (Å²) < 4.78 is 0. The molecule has 2 fully saturated rings. The molecule has 6 heteroatoms. The maximum absolute atomic E-state index is 10.4. The van der Waals surface area contributed by atoms with Crippen molar-refractivity contribution in [2.45, 2.75) is 56.7 Å². The molecule has 30 heavy (non-hydrogen) atoms. The van der Waals surface area contributed by atoms with Gasteiger partial charge < -0.3 is 10.4 Å². The Hall–Kier alpha value is -2.57. The van der Waals surface area contributed by atoms with Crippen molar-refractivity contribution in [3.63, 3.8) is 0 Å². The van der Waals surface area contributed by atoms with Crippen molar-refractivity contribution in [3.8, 4) is 11.4 Å². The summed E-state index contributed by atoms with van der Waals surface area (Å²) in [5.74, 6) is 1.63. The molecule has 5 rings (SSSR count). The van der Waals surface area contributed by atoms with Crippen LogP contribution < -0.4 is 5.32 Å². The molecule has 0 amide bonds. The molecule has 3 aromatic rings. The first-order chi connectivity index (χ1) is 14.8. The van der Waals surface area contributed by atoms with Gasteiger partial charge in [-0.1, -0.05) is 25.0 Å². The number of aliphatic hydroxyl groups excluding tert-OH is 1. The van der Waals surface area contributed by atoms with Crippen molar-refractivity contribution in [2.24, 2.45) is 0 Å². The number of hydrogen-bond acceptors (Lipinski definition) is 6. The Morgan fingerprint density at radius 3 is 2.47 bits per heavy atom. The minimum atomic E-state index is -0.156. The van der Waals surface area contributed by atoms with E-state index < -0.39 is 0 Å². The highest BCUT2D eigenvalue weighted by Crippen LogP contribution is 2.29. The molecule has 156 valence electrons. The molecule has 2 aliphatic rings. The summed E-state index contributed by atoms with van der Waals surface area (Å²) in [4.78, 5) is 16.3. The summed E-state index contributed by atoms with van der Waals surface area (Å²) in [7, 11) is 0. The van der Waals surface area contributed by atoms with Gasteiger partial charge in [0, 0.05) is 48.5 Å². The van der Waals surface area contributed by atoms with Gasteiger partial charge in [0.05, 0.1) is 11.6 Å². The van der Waals surface area contributed by atoms with E-state index in [1.165, 1.54) is 6.42 Å². The minimum Gasteiger partial charge on any atom is -0.391 e. The standard InChI is InChI=1S/C24H29N5O/c30-22-8-4-3-7-21(22)29-15-11-18(12-16-29)26-24-19-5-1-2-6-20(19)27-23(28-24)17-9-13-25-14-10-17/h1-2,5-6,9-10,13-14,18,21-22,30H,3-4,7-8,11-12,15-16H2,(H,26,27,28). The van der Waals surface area contributed by atoms with Crippen LogP contribution in [-0.2, 0) is 0 Å². The number of fused-ring (bicyclic) bond motifs is 1. The third-order valence-electron chi connectivity index (χ3n) is 6.58. The predicted molar refractivity (Wildman–Crippen MR) is 119 cm³/mol. The second-order valence-electron chi connectivity index (χ2n) is 8.52. The summed E-state index contributed by atoms with van der Waals surface area (Å²) >= 11 is 0. The molecule has 1 saturated carbocycles. The molecule has 0 bridgehead atoms. The molecule has 2 unspecified atom stereocenters. The average Bonchev–Trinajstić information content (AvgIpc) is 2.80. The van der Waals surface area contributed by atoms with Crippen LogP contribution in [0.15, 0.2) is 48.8 Å². The van der Waals surface area contributed by atoms with Crippen LogP contribution in [0, 0.1) is 0 Å². The van der Waals surface area contributed by atoms with Gasteiger partial charge in [-0.05, 0) is 49.9 Å². The molecule has 1 aromatic carbocycles. The van der Waals surface area contributed by atoms with Gasteiger partial charge in [-0.25, -0.2) is 9.97 Å². The van der Waals surface area contributed by atoms with Gasteiger partial charge in [-0.15, -0.1) is 0 Å². The number of anilines is 1. The number of hydrogen-bond donors (Lipinski definition) is 2. The molecule has 2 aromatic heterocycles. The zero-order valence-electron chi connectivity index (χ0n) is 17.2. The van der Waals surface area contributed by atoms with Crippen LogP contribution in [-0.4, -0.2) is 56.2 Å². The second-order valence-corrected chi connectivity index (χ2v) is 8.52. The van der Waals surface area contributed by atoms with E-state index in [4.69, 9.17) is 9.97 Å². The first kappa shape index (κ1) is 19.4. The van der Waals surface area contributed by atoms with E-state index in [1.54, 1.807) is 12.4 Å². The predicted octanol–water partition coefficient (Wildman–Crippen LogP) is 3.87. The Bertz CT molecular complexity index is 987. The highest BCUT2D eigenvalue weighted by atomic mass is 16.3. The lowest BCUT2D eigenvalue weighted by Crippen LogP contribution is -2.50. The number of likely N-dealkylation sites (tertiary alicyclic amines) is 1. The van der Waals surface area contributed by atoms with Gasteiger partial charge >= 0.3 is 0 Å². The normalized spacial score (nSPS) is 23.5. The summed E-state index contributed by atoms with van der Waals surface area (Å²) in [6.07, 6.45) is 10.0. The lowest BCUT2D eigenvalue weighted by atomic mass is 9.89. The van der Waals surface area contributed by atoms with Crippen LogP contribution in [0.1, 0.15) is 38.5 Å². The number of nitrogens with zero attached hydrogens (tertiary/aromatic N) is 4. The van der Waals surface area contributed by atoms with Crippen LogP contribution >= 0.6 is 0 Å². The maximum Gasteiger partial charge on any atom is 0.162 e. The van der Waals surface area contributed by atoms with Crippen molar-refractivity contribution in [2.75, 3.05) is 18.4 Å². The quantitative estimate of drug-likeness (QED) is 0.689. The lowest BCUT2D eigenvalue weighted by molar-refractivity contribution is 0.00993. The Labute approximate surface area is 177 Å². The van der Waals surface area contributed by atoms with Gasteiger partial charge in [0.2, 0.25) is 0 Å². The van der Waals surface area contributed by atoms with Crippen LogP contribution in [0.5, 0.6) is 0 Å². The SMILES string of the molecule is OC1CCCCC1N1CCC(Nc2nc(-c3ccncc3)nc3ccccc23)CC1. The van der Waals surface area contributed by atoms with Gasteiger partial charge in [-0.2, -0.15) is 0 Å². The molecule has 2 N–H and O–H groups in total. The Morgan fingerprint density at radius 1 is 0.900 bits per heavy atom. The highest BCUT2D eigenvalue weighted by molar-refractivity contribution is 5.90. The van der Waals surface area contributed by atoms with Crippen molar-refractivity contribution < 1.29 is 5.11 Å². The fraction of sp³-hybridized carbons (Fsp3) is 0.458. The molecule has 3 heterocycles. The number of aliphatic hydroxyl groups is 1. The molecule has 0 spiro atoms. The van der Waals surface area contributed by atoms with Gasteiger partial charge in [0.1, 0.15) is 5.82 Å². The summed E-state index contributed by atoms with van der Waals surface area (Å²) in [6.45, 7) is 2.05. The number of benzene rings is 1. The summed E-state index contributed by atoms with van der Waals surface area (Å²) in [5.41, 5.74) is 1.92. The first-order valence-corrected chi connectivity index (χ1v) is 11.1. The number of rotatable bonds is 4. The van der Waals surface area contributed by atoms with Crippen LogP contribution in [0.4, 0.5) is 5.82 Å². The number of piperidine rings is 1. The van der Waals surface area contributed by atoms with E-state index in [-0.39, 0.29) is 6.10 Å². The molecular weight excluding hydrogens is 374 g/mol. The number of nitrogens with one attached hydrogen (secondary N) is 1. The molecule has 2 atom stereocenters. The number of pyridine rings is 1.